The minimum absolute atomic E-state index is 0.470. The van der Waals surface area contributed by atoms with Gasteiger partial charge in [0.05, 0.1) is 10.9 Å². The van der Waals surface area contributed by atoms with E-state index in [4.69, 9.17) is 23.2 Å². The van der Waals surface area contributed by atoms with Gasteiger partial charge in [-0.3, -0.25) is 0 Å². The first-order valence-electron chi connectivity index (χ1n) is 2.83. The Balaban J connectivity index is 2.82. The number of halogens is 2. The van der Waals surface area contributed by atoms with E-state index < -0.39 is 0 Å². The van der Waals surface area contributed by atoms with Crippen molar-refractivity contribution in [3.05, 3.63) is 21.9 Å². The van der Waals surface area contributed by atoms with Crippen LogP contribution in [0.15, 0.2) is 12.3 Å². The Labute approximate surface area is 76.8 Å². The van der Waals surface area contributed by atoms with Crippen molar-refractivity contribution in [3.8, 4) is 0 Å². The fraction of sp³-hybridized carbons (Fsp3) is 0. The number of thiazole rings is 1. The summed E-state index contributed by atoms with van der Waals surface area (Å²) in [5, 5.41) is 0.470. The van der Waals surface area contributed by atoms with Crippen molar-refractivity contribution in [2.45, 2.75) is 0 Å². The SMILES string of the molecule is Clc1cc2sc(Cl)nc2cn1. The number of rotatable bonds is 0. The van der Waals surface area contributed by atoms with Crippen LogP contribution in [0.25, 0.3) is 10.2 Å². The molecule has 56 valence electrons. The second-order valence-corrected chi connectivity index (χ2v) is 3.94. The summed E-state index contributed by atoms with van der Waals surface area (Å²) < 4.78 is 1.49. The van der Waals surface area contributed by atoms with Crippen LogP contribution in [0.5, 0.6) is 0 Å². The molecule has 2 rings (SSSR count). The molecular weight excluding hydrogens is 203 g/mol. The molecule has 0 aromatic carbocycles. The van der Waals surface area contributed by atoms with Gasteiger partial charge in [0.25, 0.3) is 0 Å². The predicted octanol–water partition coefficient (Wildman–Crippen LogP) is 3.00. The first kappa shape index (κ1) is 7.28. The summed E-state index contributed by atoms with van der Waals surface area (Å²) in [7, 11) is 0. The molecular formula is C6H2Cl2N2S. The Hall–Kier alpha value is -0.380. The summed E-state index contributed by atoms with van der Waals surface area (Å²) in [4.78, 5) is 7.89. The van der Waals surface area contributed by atoms with Gasteiger partial charge in [0.1, 0.15) is 10.7 Å². The van der Waals surface area contributed by atoms with E-state index in [1.807, 2.05) is 0 Å². The van der Waals surface area contributed by atoms with Crippen molar-refractivity contribution in [1.82, 2.24) is 9.97 Å². The molecule has 2 heterocycles. The lowest BCUT2D eigenvalue weighted by Crippen LogP contribution is -1.72. The molecule has 0 aliphatic rings. The third-order valence-electron chi connectivity index (χ3n) is 1.22. The van der Waals surface area contributed by atoms with Crippen molar-refractivity contribution in [3.63, 3.8) is 0 Å². The van der Waals surface area contributed by atoms with Gasteiger partial charge < -0.3 is 0 Å². The van der Waals surface area contributed by atoms with Gasteiger partial charge in [-0.05, 0) is 6.07 Å². The van der Waals surface area contributed by atoms with Crippen LogP contribution in [-0.4, -0.2) is 9.97 Å². The highest BCUT2D eigenvalue weighted by molar-refractivity contribution is 7.22. The van der Waals surface area contributed by atoms with Gasteiger partial charge in [-0.25, -0.2) is 9.97 Å². The summed E-state index contributed by atoms with van der Waals surface area (Å²) in [6.45, 7) is 0. The Morgan fingerprint density at radius 3 is 3.00 bits per heavy atom. The number of fused-ring (bicyclic) bond motifs is 1. The van der Waals surface area contributed by atoms with E-state index in [2.05, 4.69) is 9.97 Å². The lowest BCUT2D eigenvalue weighted by atomic mass is 10.5. The monoisotopic (exact) mass is 204 g/mol. The predicted molar refractivity (Wildman–Crippen MR) is 47.4 cm³/mol. The molecule has 0 unspecified atom stereocenters. The smallest absolute Gasteiger partial charge is 0.184 e. The lowest BCUT2D eigenvalue weighted by Gasteiger charge is -1.85. The van der Waals surface area contributed by atoms with Crippen LogP contribution < -0.4 is 0 Å². The van der Waals surface area contributed by atoms with Crippen molar-refractivity contribution in [2.75, 3.05) is 0 Å². The number of pyridine rings is 1. The molecule has 0 aliphatic heterocycles. The fourth-order valence-corrected chi connectivity index (χ4v) is 2.04. The third kappa shape index (κ3) is 1.31. The molecule has 0 saturated carbocycles. The molecule has 0 saturated heterocycles. The summed E-state index contributed by atoms with van der Waals surface area (Å²) in [5.74, 6) is 0. The van der Waals surface area contributed by atoms with Gasteiger partial charge in [0.15, 0.2) is 4.47 Å². The van der Waals surface area contributed by atoms with E-state index in [0.29, 0.717) is 9.62 Å². The number of hydrogen-bond acceptors (Lipinski definition) is 3. The number of aromatic nitrogens is 2. The van der Waals surface area contributed by atoms with Crippen molar-refractivity contribution < 1.29 is 0 Å². The van der Waals surface area contributed by atoms with Crippen molar-refractivity contribution in [2.24, 2.45) is 0 Å². The maximum atomic E-state index is 5.67. The molecule has 0 N–H and O–H groups in total. The van der Waals surface area contributed by atoms with Gasteiger partial charge >= 0.3 is 0 Å². The van der Waals surface area contributed by atoms with E-state index in [-0.39, 0.29) is 0 Å². The zero-order chi connectivity index (χ0) is 7.84. The third-order valence-corrected chi connectivity index (χ3v) is 2.54. The largest absolute Gasteiger partial charge is 0.242 e. The van der Waals surface area contributed by atoms with Crippen molar-refractivity contribution >= 4 is 44.8 Å². The maximum absolute atomic E-state index is 5.67. The zero-order valence-corrected chi connectivity index (χ0v) is 7.54. The van der Waals surface area contributed by atoms with Gasteiger partial charge in [0.2, 0.25) is 0 Å². The number of nitrogens with zero attached hydrogens (tertiary/aromatic N) is 2. The average Bonchev–Trinajstić information content (AvgIpc) is 2.27. The molecule has 0 radical (unpaired) electrons. The van der Waals surface area contributed by atoms with Crippen LogP contribution in [0, 0.1) is 0 Å². The van der Waals surface area contributed by atoms with Crippen LogP contribution in [0.3, 0.4) is 0 Å². The van der Waals surface area contributed by atoms with Crippen molar-refractivity contribution in [1.29, 1.82) is 0 Å². The van der Waals surface area contributed by atoms with Crippen LogP contribution >= 0.6 is 34.5 Å². The summed E-state index contributed by atoms with van der Waals surface area (Å²) in [6, 6.07) is 1.75. The van der Waals surface area contributed by atoms with E-state index in [0.717, 1.165) is 10.2 Å². The lowest BCUT2D eigenvalue weighted by molar-refractivity contribution is 1.34. The number of hydrogen-bond donors (Lipinski definition) is 0. The topological polar surface area (TPSA) is 25.8 Å². The van der Waals surface area contributed by atoms with Crippen LogP contribution in [0.4, 0.5) is 0 Å². The molecule has 0 aliphatic carbocycles. The molecule has 2 aromatic rings. The van der Waals surface area contributed by atoms with Gasteiger partial charge in [0, 0.05) is 0 Å². The first-order valence-corrected chi connectivity index (χ1v) is 4.40. The molecule has 0 fully saturated rings. The standard InChI is InChI=1S/C6H2Cl2N2S/c7-5-1-4-3(2-9-5)10-6(8)11-4/h1-2H. The van der Waals surface area contributed by atoms with Gasteiger partial charge in [-0.1, -0.05) is 23.2 Å². The first-order chi connectivity index (χ1) is 5.25. The van der Waals surface area contributed by atoms with Gasteiger partial charge in [-0.15, -0.1) is 11.3 Å². The molecule has 0 atom stereocenters. The molecule has 0 spiro atoms. The second-order valence-electron chi connectivity index (χ2n) is 1.94. The zero-order valence-electron chi connectivity index (χ0n) is 5.21. The molecule has 5 heteroatoms. The fourth-order valence-electron chi connectivity index (χ4n) is 0.780. The highest BCUT2D eigenvalue weighted by Gasteiger charge is 2.01. The average molecular weight is 205 g/mol. The molecule has 2 aromatic heterocycles. The Morgan fingerprint density at radius 1 is 1.36 bits per heavy atom. The summed E-state index contributed by atoms with van der Waals surface area (Å²) in [6.07, 6.45) is 1.61. The molecule has 0 amide bonds. The quantitative estimate of drug-likeness (QED) is 0.617. The second kappa shape index (κ2) is 2.59. The maximum Gasteiger partial charge on any atom is 0.184 e. The van der Waals surface area contributed by atoms with E-state index in [1.54, 1.807) is 12.3 Å². The Kier molecular flexibility index (Phi) is 1.71. The van der Waals surface area contributed by atoms with E-state index in [9.17, 15) is 0 Å². The van der Waals surface area contributed by atoms with E-state index in [1.165, 1.54) is 11.3 Å². The van der Waals surface area contributed by atoms with Crippen LogP contribution in [0.2, 0.25) is 9.62 Å². The minimum Gasteiger partial charge on any atom is -0.242 e. The molecule has 2 nitrogen and oxygen atoms in total. The summed E-state index contributed by atoms with van der Waals surface area (Å²) >= 11 is 12.7. The normalized spacial score (nSPS) is 10.7. The highest BCUT2D eigenvalue weighted by atomic mass is 35.5. The molecule has 11 heavy (non-hydrogen) atoms. The highest BCUT2D eigenvalue weighted by Crippen LogP contribution is 2.26. The molecule has 0 bridgehead atoms. The summed E-state index contributed by atoms with van der Waals surface area (Å²) in [5.41, 5.74) is 0.796. The van der Waals surface area contributed by atoms with Crippen LogP contribution in [-0.2, 0) is 0 Å². The Morgan fingerprint density at radius 2 is 2.18 bits per heavy atom. The minimum atomic E-state index is 0.470. The van der Waals surface area contributed by atoms with E-state index >= 15 is 0 Å². The van der Waals surface area contributed by atoms with Crippen LogP contribution in [0.1, 0.15) is 0 Å². The Bertz CT molecular complexity index is 398. The van der Waals surface area contributed by atoms with Gasteiger partial charge in [-0.2, -0.15) is 0 Å².